The fourth-order valence-electron chi connectivity index (χ4n) is 2.53. The molecule has 20 heavy (non-hydrogen) atoms. The predicted octanol–water partition coefficient (Wildman–Crippen LogP) is 2.53. The number of rotatable bonds is 5. The van der Waals surface area contributed by atoms with Gasteiger partial charge in [0.1, 0.15) is 5.82 Å². The van der Waals surface area contributed by atoms with E-state index in [0.717, 1.165) is 38.0 Å². The van der Waals surface area contributed by atoms with Crippen LogP contribution in [0.2, 0.25) is 0 Å². The first-order chi connectivity index (χ1) is 9.56. The van der Waals surface area contributed by atoms with Crippen molar-refractivity contribution >= 4 is 5.69 Å². The van der Waals surface area contributed by atoms with Crippen LogP contribution in [0.3, 0.4) is 0 Å². The number of piperidine rings is 1. The van der Waals surface area contributed by atoms with E-state index in [1.165, 1.54) is 0 Å². The number of hydrogen-bond donors (Lipinski definition) is 2. The van der Waals surface area contributed by atoms with Crippen LogP contribution in [0, 0.1) is 11.7 Å². The van der Waals surface area contributed by atoms with Crippen LogP contribution < -0.4 is 10.2 Å². The number of halogens is 1. The number of nitrogens with one attached hydrogen (secondary N) is 1. The molecule has 1 aliphatic rings. The Morgan fingerprint density at radius 1 is 1.35 bits per heavy atom. The normalized spacial score (nSPS) is 16.9. The fourth-order valence-corrected chi connectivity index (χ4v) is 2.53. The molecule has 0 aliphatic carbocycles. The van der Waals surface area contributed by atoms with Gasteiger partial charge in [-0.15, -0.1) is 0 Å². The molecule has 0 amide bonds. The third-order valence-electron chi connectivity index (χ3n) is 3.70. The minimum atomic E-state index is -0.228. The molecule has 1 aromatic carbocycles. The van der Waals surface area contributed by atoms with Crippen LogP contribution in [0.15, 0.2) is 18.2 Å². The summed E-state index contributed by atoms with van der Waals surface area (Å²) in [5.74, 6) is 0.434. The van der Waals surface area contributed by atoms with Crippen molar-refractivity contribution in [1.29, 1.82) is 0 Å². The first-order valence-corrected chi connectivity index (χ1v) is 7.48. The minimum absolute atomic E-state index is 0.162. The van der Waals surface area contributed by atoms with Gasteiger partial charge in [0.05, 0.1) is 11.8 Å². The molecule has 2 N–H and O–H groups in total. The highest BCUT2D eigenvalue weighted by Crippen LogP contribution is 2.24. The molecule has 2 rings (SSSR count). The van der Waals surface area contributed by atoms with Crippen molar-refractivity contribution in [3.8, 4) is 0 Å². The van der Waals surface area contributed by atoms with Gasteiger partial charge in [-0.25, -0.2) is 4.39 Å². The lowest BCUT2D eigenvalue weighted by Crippen LogP contribution is -2.36. The van der Waals surface area contributed by atoms with Crippen molar-refractivity contribution in [1.82, 2.24) is 5.32 Å². The minimum Gasteiger partial charge on any atom is -0.393 e. The van der Waals surface area contributed by atoms with Gasteiger partial charge in [0.25, 0.3) is 0 Å². The number of aliphatic hydroxyl groups excluding tert-OH is 1. The van der Waals surface area contributed by atoms with Crippen LogP contribution in [-0.4, -0.2) is 30.8 Å². The Morgan fingerprint density at radius 2 is 2.05 bits per heavy atom. The molecule has 0 atom stereocenters. The lowest BCUT2D eigenvalue weighted by atomic mass is 10.1. The summed E-state index contributed by atoms with van der Waals surface area (Å²) in [5.41, 5.74) is 1.63. The Balaban J connectivity index is 1.95. The highest BCUT2D eigenvalue weighted by molar-refractivity contribution is 5.49. The second-order valence-corrected chi connectivity index (χ2v) is 6.03. The van der Waals surface area contributed by atoms with Crippen LogP contribution in [0.25, 0.3) is 0 Å². The van der Waals surface area contributed by atoms with Crippen molar-refractivity contribution < 1.29 is 9.50 Å². The molecule has 0 unspecified atom stereocenters. The molecule has 3 nitrogen and oxygen atoms in total. The molecule has 112 valence electrons. The van der Waals surface area contributed by atoms with Crippen LogP contribution in [0.5, 0.6) is 0 Å². The lowest BCUT2D eigenvalue weighted by molar-refractivity contribution is 0.145. The lowest BCUT2D eigenvalue weighted by Gasteiger charge is -2.31. The van der Waals surface area contributed by atoms with Crippen molar-refractivity contribution in [2.75, 3.05) is 24.5 Å². The van der Waals surface area contributed by atoms with E-state index < -0.39 is 0 Å². The van der Waals surface area contributed by atoms with Gasteiger partial charge < -0.3 is 15.3 Å². The zero-order chi connectivity index (χ0) is 14.5. The monoisotopic (exact) mass is 280 g/mol. The second kappa shape index (κ2) is 7.04. The third kappa shape index (κ3) is 4.18. The van der Waals surface area contributed by atoms with Gasteiger partial charge in [-0.2, -0.15) is 0 Å². The van der Waals surface area contributed by atoms with E-state index in [0.29, 0.717) is 18.2 Å². The van der Waals surface area contributed by atoms with Crippen LogP contribution in [0.4, 0.5) is 10.1 Å². The van der Waals surface area contributed by atoms with Gasteiger partial charge in [0.2, 0.25) is 0 Å². The highest BCUT2D eigenvalue weighted by Gasteiger charge is 2.19. The number of anilines is 1. The molecule has 4 heteroatoms. The first-order valence-electron chi connectivity index (χ1n) is 7.48. The summed E-state index contributed by atoms with van der Waals surface area (Å²) in [5, 5.41) is 12.8. The topological polar surface area (TPSA) is 35.5 Å². The Bertz CT molecular complexity index is 428. The van der Waals surface area contributed by atoms with E-state index in [-0.39, 0.29) is 11.9 Å². The average Bonchev–Trinajstić information content (AvgIpc) is 2.40. The molecule has 0 bridgehead atoms. The number of nitrogens with zero attached hydrogens (tertiary/aromatic N) is 1. The summed E-state index contributed by atoms with van der Waals surface area (Å²) >= 11 is 0. The summed E-state index contributed by atoms with van der Waals surface area (Å²) in [6.07, 6.45) is 1.21. The first kappa shape index (κ1) is 15.3. The Labute approximate surface area is 120 Å². The van der Waals surface area contributed by atoms with Gasteiger partial charge >= 0.3 is 0 Å². The van der Waals surface area contributed by atoms with E-state index in [1.54, 1.807) is 6.07 Å². The van der Waals surface area contributed by atoms with Gasteiger partial charge in [-0.1, -0.05) is 19.9 Å². The van der Waals surface area contributed by atoms with Gasteiger partial charge in [0.15, 0.2) is 0 Å². The van der Waals surface area contributed by atoms with Crippen LogP contribution >= 0.6 is 0 Å². The molecule has 1 fully saturated rings. The molecule has 0 aromatic heterocycles. The van der Waals surface area contributed by atoms with Crippen LogP contribution in [-0.2, 0) is 6.54 Å². The van der Waals surface area contributed by atoms with Crippen molar-refractivity contribution in [2.24, 2.45) is 5.92 Å². The van der Waals surface area contributed by atoms with Gasteiger partial charge in [-0.3, -0.25) is 0 Å². The van der Waals surface area contributed by atoms with Gasteiger partial charge in [0, 0.05) is 19.6 Å². The van der Waals surface area contributed by atoms with Crippen molar-refractivity contribution in [2.45, 2.75) is 39.3 Å². The molecule has 0 saturated carbocycles. The standard InChI is InChI=1S/C16H25FN2O/c1-12(2)10-18-11-13-3-4-16(15(17)9-13)19-7-5-14(20)6-8-19/h3-4,9,12,14,18,20H,5-8,10-11H2,1-2H3. The fraction of sp³-hybridized carbons (Fsp3) is 0.625. The molecule has 1 aliphatic heterocycles. The average molecular weight is 280 g/mol. The summed E-state index contributed by atoms with van der Waals surface area (Å²) in [6.45, 7) is 7.40. The predicted molar refractivity (Wildman–Crippen MR) is 80.4 cm³/mol. The Kier molecular flexibility index (Phi) is 5.38. The van der Waals surface area contributed by atoms with E-state index in [4.69, 9.17) is 0 Å². The molecule has 1 heterocycles. The Morgan fingerprint density at radius 3 is 2.65 bits per heavy atom. The molecule has 0 radical (unpaired) electrons. The summed E-state index contributed by atoms with van der Waals surface area (Å²) in [6, 6.07) is 5.46. The molecule has 0 spiro atoms. The van der Waals surface area contributed by atoms with Gasteiger partial charge in [-0.05, 0) is 43.0 Å². The third-order valence-corrected chi connectivity index (χ3v) is 3.70. The van der Waals surface area contributed by atoms with E-state index >= 15 is 0 Å². The maximum atomic E-state index is 14.2. The van der Waals surface area contributed by atoms with Crippen LogP contribution in [0.1, 0.15) is 32.3 Å². The smallest absolute Gasteiger partial charge is 0.146 e. The molecule has 1 aromatic rings. The van der Waals surface area contributed by atoms with Crippen molar-refractivity contribution in [3.63, 3.8) is 0 Å². The molecular weight excluding hydrogens is 255 g/mol. The largest absolute Gasteiger partial charge is 0.393 e. The van der Waals surface area contributed by atoms with E-state index in [1.807, 2.05) is 17.0 Å². The molecule has 1 saturated heterocycles. The van der Waals surface area contributed by atoms with Crippen molar-refractivity contribution in [3.05, 3.63) is 29.6 Å². The second-order valence-electron chi connectivity index (χ2n) is 6.03. The number of benzene rings is 1. The maximum Gasteiger partial charge on any atom is 0.146 e. The number of aliphatic hydroxyl groups is 1. The number of hydrogen-bond acceptors (Lipinski definition) is 3. The zero-order valence-electron chi connectivity index (χ0n) is 12.4. The summed E-state index contributed by atoms with van der Waals surface area (Å²) in [4.78, 5) is 2.02. The Hall–Kier alpha value is -1.13. The SMILES string of the molecule is CC(C)CNCc1ccc(N2CCC(O)CC2)c(F)c1. The zero-order valence-corrected chi connectivity index (χ0v) is 12.4. The highest BCUT2D eigenvalue weighted by atomic mass is 19.1. The maximum absolute atomic E-state index is 14.2. The molecular formula is C16H25FN2O. The summed E-state index contributed by atoms with van der Waals surface area (Å²) in [7, 11) is 0. The quantitative estimate of drug-likeness (QED) is 0.870. The summed E-state index contributed by atoms with van der Waals surface area (Å²) < 4.78 is 14.2. The van der Waals surface area contributed by atoms with E-state index in [9.17, 15) is 9.50 Å². The van der Waals surface area contributed by atoms with E-state index in [2.05, 4.69) is 19.2 Å².